The Hall–Kier alpha value is -3.28. The van der Waals surface area contributed by atoms with Crippen LogP contribution >= 0.6 is 0 Å². The first kappa shape index (κ1) is 22.9. The molecule has 4 atom stereocenters. The maximum absolute atomic E-state index is 14.4. The number of anilines is 1. The average Bonchev–Trinajstić information content (AvgIpc) is 3.01. The lowest BCUT2D eigenvalue weighted by Crippen LogP contribution is -2.47. The summed E-state index contributed by atoms with van der Waals surface area (Å²) in [5.41, 5.74) is 1.60. The topological polar surface area (TPSA) is 104 Å². The Morgan fingerprint density at radius 3 is 2.55 bits per heavy atom. The molecule has 178 valence electrons. The summed E-state index contributed by atoms with van der Waals surface area (Å²) in [6.07, 6.45) is -7.19. The van der Waals surface area contributed by atoms with E-state index < -0.39 is 65.1 Å². The number of pyridine rings is 1. The van der Waals surface area contributed by atoms with Gasteiger partial charge in [0.25, 0.3) is 11.8 Å². The van der Waals surface area contributed by atoms with Crippen molar-refractivity contribution in [3.8, 4) is 5.75 Å². The summed E-state index contributed by atoms with van der Waals surface area (Å²) in [5.74, 6) is -8.30. The van der Waals surface area contributed by atoms with Crippen LogP contribution in [0.2, 0.25) is 0 Å². The number of amides is 2. The Morgan fingerprint density at radius 2 is 1.97 bits per heavy atom. The van der Waals surface area contributed by atoms with E-state index in [1.807, 2.05) is 0 Å². The molecule has 0 saturated carbocycles. The number of halogens is 5. The Morgan fingerprint density at radius 1 is 1.30 bits per heavy atom. The van der Waals surface area contributed by atoms with Crippen molar-refractivity contribution in [1.29, 1.82) is 0 Å². The normalized spacial score (nSPS) is 25.5. The van der Waals surface area contributed by atoms with Gasteiger partial charge in [0.05, 0.1) is 8.48 Å². The van der Waals surface area contributed by atoms with Crippen LogP contribution in [0.1, 0.15) is 37.2 Å². The van der Waals surface area contributed by atoms with Crippen LogP contribution in [0, 0.1) is 17.6 Å². The van der Waals surface area contributed by atoms with Crippen LogP contribution in [0.3, 0.4) is 0 Å². The number of primary amides is 1. The first-order valence-corrected chi connectivity index (χ1v) is 9.57. The molecule has 0 radical (unpaired) electrons. The molecular formula is C21H20F5N3O4. The lowest BCUT2D eigenvalue weighted by atomic mass is 9.77. The second-order valence-corrected chi connectivity index (χ2v) is 7.67. The Kier molecular flexibility index (Phi) is 5.95. The van der Waals surface area contributed by atoms with E-state index in [-0.39, 0.29) is 16.9 Å². The number of nitrogens with zero attached hydrogens (tertiary/aromatic N) is 1. The van der Waals surface area contributed by atoms with Crippen molar-refractivity contribution in [2.24, 2.45) is 11.7 Å². The molecule has 12 heteroatoms. The third kappa shape index (κ3) is 4.22. The van der Waals surface area contributed by atoms with Gasteiger partial charge in [-0.15, -0.1) is 0 Å². The second kappa shape index (κ2) is 8.58. The van der Waals surface area contributed by atoms with Gasteiger partial charge >= 0.3 is 6.18 Å². The molecule has 0 aliphatic carbocycles. The molecule has 0 unspecified atom stereocenters. The molecule has 3 N–H and O–H groups in total. The van der Waals surface area contributed by atoms with E-state index in [1.54, 1.807) is 0 Å². The summed E-state index contributed by atoms with van der Waals surface area (Å²) < 4.78 is 87.8. The van der Waals surface area contributed by atoms with Crippen molar-refractivity contribution >= 4 is 17.5 Å². The number of hydrogen-bond donors (Lipinski definition) is 2. The van der Waals surface area contributed by atoms with Crippen molar-refractivity contribution < 1.29 is 42.4 Å². The molecule has 3 rings (SSSR count). The molecule has 2 heterocycles. The zero-order valence-electron chi connectivity index (χ0n) is 18.6. The van der Waals surface area contributed by atoms with E-state index in [2.05, 4.69) is 10.3 Å². The molecule has 2 amide bonds. The van der Waals surface area contributed by atoms with Crippen LogP contribution in [-0.4, -0.2) is 41.8 Å². The fourth-order valence-electron chi connectivity index (χ4n) is 3.84. The molecule has 1 saturated heterocycles. The minimum absolute atomic E-state index is 0.147. The zero-order chi connectivity index (χ0) is 25.6. The summed E-state index contributed by atoms with van der Waals surface area (Å²) in [4.78, 5) is 28.1. The van der Waals surface area contributed by atoms with Gasteiger partial charge in [-0.3, -0.25) is 14.6 Å². The average molecular weight is 474 g/mol. The van der Waals surface area contributed by atoms with Crippen molar-refractivity contribution in [2.75, 3.05) is 12.4 Å². The molecule has 1 aromatic heterocycles. The minimum Gasteiger partial charge on any atom is -0.493 e. The largest absolute Gasteiger partial charge is 0.493 e. The SMILES string of the molecule is [2H]c1cc(NC(=O)[C@@H]2O[C@](C)(C(F)(F)F)[C@@H](C)[C@@H]2c2ccc(F)c(F)c2OC)cc(C(N)=O)n1. The predicted octanol–water partition coefficient (Wildman–Crippen LogP) is 3.55. The van der Waals surface area contributed by atoms with Gasteiger partial charge in [-0.2, -0.15) is 17.6 Å². The molecule has 2 aromatic rings. The molecule has 33 heavy (non-hydrogen) atoms. The van der Waals surface area contributed by atoms with Gasteiger partial charge < -0.3 is 20.5 Å². The number of carbonyl (C=O) groups excluding carboxylic acids is 2. The highest BCUT2D eigenvalue weighted by Crippen LogP contribution is 2.55. The maximum atomic E-state index is 14.4. The summed E-state index contributed by atoms with van der Waals surface area (Å²) in [6.45, 7) is 1.93. The number of aromatic nitrogens is 1. The maximum Gasteiger partial charge on any atom is 0.417 e. The lowest BCUT2D eigenvalue weighted by Gasteiger charge is -2.32. The molecule has 0 bridgehead atoms. The highest BCUT2D eigenvalue weighted by atomic mass is 19.4. The molecule has 1 aromatic carbocycles. The summed E-state index contributed by atoms with van der Waals surface area (Å²) in [7, 11) is 1.01. The second-order valence-electron chi connectivity index (χ2n) is 7.67. The van der Waals surface area contributed by atoms with E-state index >= 15 is 0 Å². The number of nitrogens with one attached hydrogen (secondary N) is 1. The number of ether oxygens (including phenoxy) is 2. The first-order chi connectivity index (χ1) is 15.7. The van der Waals surface area contributed by atoms with Gasteiger partial charge in [0, 0.05) is 29.3 Å². The Labute approximate surface area is 186 Å². The van der Waals surface area contributed by atoms with Gasteiger partial charge in [0.1, 0.15) is 11.8 Å². The van der Waals surface area contributed by atoms with Crippen molar-refractivity contribution in [3.05, 3.63) is 53.3 Å². The van der Waals surface area contributed by atoms with Crippen molar-refractivity contribution in [3.63, 3.8) is 0 Å². The van der Waals surface area contributed by atoms with Gasteiger partial charge in [0.15, 0.2) is 17.2 Å². The van der Waals surface area contributed by atoms with Gasteiger partial charge in [-0.25, -0.2) is 4.39 Å². The summed E-state index contributed by atoms with van der Waals surface area (Å²) in [5, 5.41) is 2.29. The van der Waals surface area contributed by atoms with E-state index in [1.165, 1.54) is 6.92 Å². The van der Waals surface area contributed by atoms with Crippen LogP contribution in [0.5, 0.6) is 5.75 Å². The molecular weight excluding hydrogens is 453 g/mol. The van der Waals surface area contributed by atoms with E-state index in [0.717, 1.165) is 32.2 Å². The number of methoxy groups -OCH3 is 1. The quantitative estimate of drug-likeness (QED) is 0.646. The predicted molar refractivity (Wildman–Crippen MR) is 106 cm³/mol. The van der Waals surface area contributed by atoms with Crippen LogP contribution in [0.25, 0.3) is 0 Å². The Balaban J connectivity index is 2.09. The summed E-state index contributed by atoms with van der Waals surface area (Å²) in [6, 6.07) is 3.82. The van der Waals surface area contributed by atoms with Crippen LogP contribution in [0.15, 0.2) is 30.4 Å². The van der Waals surface area contributed by atoms with E-state index in [4.69, 9.17) is 16.6 Å². The van der Waals surface area contributed by atoms with E-state index in [9.17, 15) is 31.5 Å². The monoisotopic (exact) mass is 474 g/mol. The number of hydrogen-bond acceptors (Lipinski definition) is 5. The number of benzene rings is 1. The van der Waals surface area contributed by atoms with Gasteiger partial charge in [-0.1, -0.05) is 13.0 Å². The standard InChI is InChI=1S/C21H20F5N3O4/c1-9-14(11-4-5-12(22)15(23)16(11)32-3)17(33-20(9,2)21(24,25)26)19(31)29-10-6-7-28-13(8-10)18(27)30/h4-9,14,17H,1-3H3,(H2,27,30)(H,28,29,31)/t9-,14+,17+,20-/m0/s1/i7D. The number of alkyl halides is 3. The van der Waals surface area contributed by atoms with E-state index in [0.29, 0.717) is 6.07 Å². The Bertz CT molecular complexity index is 1150. The summed E-state index contributed by atoms with van der Waals surface area (Å²) >= 11 is 0. The molecule has 1 aliphatic heterocycles. The third-order valence-electron chi connectivity index (χ3n) is 5.79. The number of nitrogens with two attached hydrogens (primary N) is 1. The fourth-order valence-corrected chi connectivity index (χ4v) is 3.84. The van der Waals surface area contributed by atoms with Crippen LogP contribution < -0.4 is 15.8 Å². The molecule has 1 fully saturated rings. The molecule has 0 spiro atoms. The third-order valence-corrected chi connectivity index (χ3v) is 5.79. The zero-order valence-corrected chi connectivity index (χ0v) is 17.6. The highest BCUT2D eigenvalue weighted by Gasteiger charge is 2.65. The smallest absolute Gasteiger partial charge is 0.417 e. The lowest BCUT2D eigenvalue weighted by molar-refractivity contribution is -0.272. The molecule has 1 aliphatic rings. The highest BCUT2D eigenvalue weighted by molar-refractivity contribution is 5.97. The van der Waals surface area contributed by atoms with Crippen LogP contribution in [-0.2, 0) is 9.53 Å². The minimum atomic E-state index is -4.92. The number of carbonyl (C=O) groups is 2. The van der Waals surface area contributed by atoms with Crippen molar-refractivity contribution in [2.45, 2.75) is 37.6 Å². The fraction of sp³-hybridized carbons (Fsp3) is 0.381. The van der Waals surface area contributed by atoms with Gasteiger partial charge in [-0.05, 0) is 25.1 Å². The van der Waals surface area contributed by atoms with Gasteiger partial charge in [0.2, 0.25) is 5.82 Å². The molecule has 7 nitrogen and oxygen atoms in total. The number of rotatable bonds is 5. The van der Waals surface area contributed by atoms with Crippen LogP contribution in [0.4, 0.5) is 27.6 Å². The first-order valence-electron chi connectivity index (χ1n) is 10.1. The van der Waals surface area contributed by atoms with Crippen molar-refractivity contribution in [1.82, 2.24) is 4.98 Å².